The third-order valence-electron chi connectivity index (χ3n) is 12.2. The molecule has 27 heteroatoms. The number of azide groups is 1. The van der Waals surface area contributed by atoms with Crippen molar-refractivity contribution in [1.29, 1.82) is 0 Å². The first-order chi connectivity index (χ1) is 31.9. The largest absolute Gasteiger partial charge is 0.393 e. The van der Waals surface area contributed by atoms with Gasteiger partial charge in [-0.15, -0.1) is 0 Å². The maximum Gasteiger partial charge on any atom is 0.264 e. The molecule has 8 aliphatic rings. The van der Waals surface area contributed by atoms with Gasteiger partial charge in [0.05, 0.1) is 48.9 Å². The molecular formula is C43H66F14N4O8S. The number of hydrogen-bond acceptors (Lipinski definition) is 10. The monoisotopic (exact) mass is 1060 g/mol. The highest BCUT2D eigenvalue weighted by Crippen LogP contribution is 2.44. The molecule has 0 aromatic heterocycles. The SMILES string of the molecule is CS(=O)(=O)OC1CCC(F)(F)CC1.FC1(F)CC=CCC1.FC1(F)CCC2OC2C1.N[C@H]1CCC(F)(F)C[C@@H]1O.O=C1CCC(F)(F)CC1.OC1CCC(F)(F)CC1.[N-]=[N+]=N[C@H]1CCC(F)(F)C[C@@H]1O. The number of fused-ring (bicyclic) bond motifs is 1. The summed E-state index contributed by atoms with van der Waals surface area (Å²) < 4.78 is 204. The van der Waals surface area contributed by atoms with Crippen molar-refractivity contribution >= 4 is 15.9 Å². The van der Waals surface area contributed by atoms with Crippen LogP contribution in [0.3, 0.4) is 0 Å². The standard InChI is InChI=1S/C7H12F2O3S.C6H9F2N3O.C6H11F2NO.C6H8F2O.C6H10F2O.C6H8F2O.C6H8F2/c1-13(10,11)12-6-2-4-7(8,9)5-3-6;7-6(8)2-1-4(10-11-9)5(12)3-6;7-6(8)2-1-4(9)5(10)3-6;7-6(8)2-1-4-5(3-6)9-4;2*7-6(8)3-1-5(9)2-4-6;7-6(8)4-2-1-3-5-6/h6H,2-5H2,1H3;4-5,12H,1-3H2;4-5,10H,1-3,9H2;4-5H,1-3H2;5,9H,1-4H2;1-4H2;1-2H,3-5H2/t;2*4-,5-;;;;/m.00..../s1. The number of carbonyl (C=O) groups excluding carboxylic acids is 1. The Morgan fingerprint density at radius 2 is 1.07 bits per heavy atom. The van der Waals surface area contributed by atoms with Gasteiger partial charge in [0, 0.05) is 114 Å². The number of halogens is 14. The molecule has 7 fully saturated rings. The Labute approximate surface area is 398 Å². The zero-order valence-electron chi connectivity index (χ0n) is 38.7. The summed E-state index contributed by atoms with van der Waals surface area (Å²) in [5, 5.41) is 30.0. The minimum atomic E-state index is -3.51. The van der Waals surface area contributed by atoms with Crippen LogP contribution >= 0.6 is 0 Å². The second kappa shape index (κ2) is 27.1. The molecule has 70 heavy (non-hydrogen) atoms. The van der Waals surface area contributed by atoms with E-state index in [9.17, 15) is 74.7 Å². The van der Waals surface area contributed by atoms with Crippen LogP contribution in [0, 0.1) is 0 Å². The van der Waals surface area contributed by atoms with Crippen molar-refractivity contribution < 1.29 is 98.9 Å². The molecule has 7 aliphatic carbocycles. The van der Waals surface area contributed by atoms with Crippen LogP contribution < -0.4 is 5.73 Å². The zero-order valence-corrected chi connectivity index (χ0v) is 39.6. The van der Waals surface area contributed by atoms with Gasteiger partial charge in [0.25, 0.3) is 33.8 Å². The number of Topliss-reactive ketones (excluding diaryl/α,β-unsaturated/α-hetero) is 1. The number of aliphatic hydroxyl groups is 3. The summed E-state index contributed by atoms with van der Waals surface area (Å²) in [6, 6.07) is -1.14. The normalized spacial score (nSPS) is 31.9. The number of aliphatic hydroxyl groups excluding tert-OH is 3. The maximum absolute atomic E-state index is 12.6. The average molecular weight is 1070 g/mol. The molecule has 0 radical (unpaired) electrons. The van der Waals surface area contributed by atoms with Gasteiger partial charge in [0.2, 0.25) is 17.8 Å². The van der Waals surface area contributed by atoms with Gasteiger partial charge >= 0.3 is 0 Å². The van der Waals surface area contributed by atoms with Gasteiger partial charge in [-0.1, -0.05) is 17.3 Å². The topological polar surface area (TPSA) is 208 Å². The molecule has 0 bridgehead atoms. The van der Waals surface area contributed by atoms with Crippen LogP contribution in [0.4, 0.5) is 61.5 Å². The first kappa shape index (κ1) is 63.6. The molecule has 410 valence electrons. The third kappa shape index (κ3) is 28.0. The Morgan fingerprint density at radius 3 is 1.44 bits per heavy atom. The zero-order chi connectivity index (χ0) is 53.4. The summed E-state index contributed by atoms with van der Waals surface area (Å²) in [5.41, 5.74) is 13.3. The minimum Gasteiger partial charge on any atom is -0.393 e. The summed E-state index contributed by atoms with van der Waals surface area (Å²) in [4.78, 5) is 12.9. The number of nitrogens with zero attached hydrogens (tertiary/aromatic N) is 3. The molecule has 12 nitrogen and oxygen atoms in total. The molecule has 1 aliphatic heterocycles. The van der Waals surface area contributed by atoms with Crippen molar-refractivity contribution in [3.8, 4) is 0 Å². The van der Waals surface area contributed by atoms with Gasteiger partial charge in [0.15, 0.2) is 0 Å². The van der Waals surface area contributed by atoms with E-state index in [-0.39, 0.29) is 146 Å². The fourth-order valence-corrected chi connectivity index (χ4v) is 8.52. The molecule has 0 spiro atoms. The molecular weight excluding hydrogens is 999 g/mol. The summed E-state index contributed by atoms with van der Waals surface area (Å²) in [6.45, 7) is 0. The Balaban J connectivity index is 0.000000282. The Hall–Kier alpha value is -2.55. The first-order valence-corrected chi connectivity index (χ1v) is 24.9. The third-order valence-corrected chi connectivity index (χ3v) is 12.9. The van der Waals surface area contributed by atoms with Crippen molar-refractivity contribution in [1.82, 2.24) is 0 Å². The highest BCUT2D eigenvalue weighted by molar-refractivity contribution is 7.86. The van der Waals surface area contributed by atoms with E-state index in [1.54, 1.807) is 12.2 Å². The fourth-order valence-electron chi connectivity index (χ4n) is 7.84. The molecule has 6 saturated carbocycles. The molecule has 8 rings (SSSR count). The Morgan fingerprint density at radius 1 is 0.614 bits per heavy atom. The summed E-state index contributed by atoms with van der Waals surface area (Å²) in [5.74, 6) is -18.1. The van der Waals surface area contributed by atoms with E-state index in [2.05, 4.69) is 14.2 Å². The number of rotatable bonds is 3. The number of nitrogens with two attached hydrogens (primary N) is 1. The lowest BCUT2D eigenvalue weighted by Crippen LogP contribution is -2.44. The quantitative estimate of drug-likeness (QED) is 0.0403. The Kier molecular flexibility index (Phi) is 24.6. The van der Waals surface area contributed by atoms with E-state index in [1.165, 1.54) is 0 Å². The molecule has 0 aromatic carbocycles. The number of epoxide rings is 1. The van der Waals surface area contributed by atoms with Gasteiger partial charge < -0.3 is 25.8 Å². The number of ether oxygens (including phenoxy) is 1. The summed E-state index contributed by atoms with van der Waals surface area (Å²) in [6.07, 6.45) is 0.329. The van der Waals surface area contributed by atoms with Crippen LogP contribution in [0.5, 0.6) is 0 Å². The molecule has 6 atom stereocenters. The van der Waals surface area contributed by atoms with Gasteiger partial charge in [-0.25, -0.2) is 61.5 Å². The van der Waals surface area contributed by atoms with Crippen molar-refractivity contribution in [2.75, 3.05) is 6.26 Å². The predicted octanol–water partition coefficient (Wildman–Crippen LogP) is 11.1. The van der Waals surface area contributed by atoms with E-state index < -0.39 is 101 Å². The lowest BCUT2D eigenvalue weighted by atomic mass is 9.90. The van der Waals surface area contributed by atoms with Gasteiger partial charge in [-0.2, -0.15) is 8.42 Å². The Bertz CT molecular complexity index is 1760. The smallest absolute Gasteiger partial charge is 0.264 e. The summed E-state index contributed by atoms with van der Waals surface area (Å²) in [7, 11) is -3.51. The number of alkyl halides is 14. The van der Waals surface area contributed by atoms with E-state index in [0.29, 0.717) is 12.8 Å². The fraction of sp³-hybridized carbons (Fsp3) is 0.930. The van der Waals surface area contributed by atoms with E-state index in [1.807, 2.05) is 0 Å². The van der Waals surface area contributed by atoms with E-state index >= 15 is 0 Å². The summed E-state index contributed by atoms with van der Waals surface area (Å²) >= 11 is 0. The maximum atomic E-state index is 12.6. The van der Waals surface area contributed by atoms with E-state index in [4.69, 9.17) is 31.3 Å². The van der Waals surface area contributed by atoms with Crippen LogP contribution in [-0.4, -0.2) is 126 Å². The van der Waals surface area contributed by atoms with Gasteiger partial charge in [-0.05, 0) is 56.9 Å². The van der Waals surface area contributed by atoms with Crippen LogP contribution in [0.1, 0.15) is 154 Å². The van der Waals surface area contributed by atoms with Gasteiger partial charge in [-0.3, -0.25) is 8.98 Å². The molecule has 0 amide bonds. The van der Waals surface area contributed by atoms with Crippen molar-refractivity contribution in [2.24, 2.45) is 10.8 Å². The lowest BCUT2D eigenvalue weighted by Gasteiger charge is -2.30. The van der Waals surface area contributed by atoms with Crippen molar-refractivity contribution in [3.63, 3.8) is 0 Å². The number of carbonyl (C=O) groups is 1. The lowest BCUT2D eigenvalue weighted by molar-refractivity contribution is -0.128. The van der Waals surface area contributed by atoms with Crippen molar-refractivity contribution in [2.45, 2.75) is 244 Å². The van der Waals surface area contributed by atoms with Crippen LogP contribution in [0.2, 0.25) is 0 Å². The molecule has 2 unspecified atom stereocenters. The molecule has 1 saturated heterocycles. The van der Waals surface area contributed by atoms with Crippen molar-refractivity contribution in [3.05, 3.63) is 22.6 Å². The second-order valence-electron chi connectivity index (χ2n) is 19.0. The van der Waals surface area contributed by atoms with E-state index in [0.717, 1.165) is 6.26 Å². The highest BCUT2D eigenvalue weighted by atomic mass is 32.2. The van der Waals surface area contributed by atoms with Crippen LogP contribution in [-0.2, 0) is 23.8 Å². The van der Waals surface area contributed by atoms with Gasteiger partial charge in [0.1, 0.15) is 5.78 Å². The minimum absolute atomic E-state index is 0.0220. The highest BCUT2D eigenvalue weighted by Gasteiger charge is 2.51. The van der Waals surface area contributed by atoms with Crippen LogP contribution in [0.25, 0.3) is 10.4 Å². The first-order valence-electron chi connectivity index (χ1n) is 23.1. The van der Waals surface area contributed by atoms with Crippen LogP contribution in [0.15, 0.2) is 17.3 Å². The second-order valence-corrected chi connectivity index (χ2v) is 20.6. The molecule has 1 heterocycles. The number of hydrogen-bond donors (Lipinski definition) is 4. The molecule has 5 N–H and O–H groups in total. The number of allylic oxidation sites excluding steroid dienone is 2. The molecule has 0 aromatic rings. The number of ketones is 1. The average Bonchev–Trinajstić information content (AvgIpc) is 3.99. The predicted molar refractivity (Wildman–Crippen MR) is 227 cm³/mol.